The molecule has 1 aromatic rings. The average molecular weight is 328 g/mol. The van der Waals surface area contributed by atoms with Crippen molar-refractivity contribution in [2.75, 3.05) is 31.1 Å². The van der Waals surface area contributed by atoms with Gasteiger partial charge in [0.25, 0.3) is 0 Å². The predicted octanol–water partition coefficient (Wildman–Crippen LogP) is 1.41. The first kappa shape index (κ1) is 12.7. The lowest BCUT2D eigenvalue weighted by Crippen LogP contribution is -2.51. The summed E-state index contributed by atoms with van der Waals surface area (Å²) in [6.07, 6.45) is 0.806. The Morgan fingerprint density at radius 1 is 1.47 bits per heavy atom. The van der Waals surface area contributed by atoms with E-state index in [1.165, 1.54) is 4.90 Å². The highest BCUT2D eigenvalue weighted by atomic mass is 79.9. The van der Waals surface area contributed by atoms with Crippen LogP contribution in [0.15, 0.2) is 22.8 Å². The zero-order valence-electron chi connectivity index (χ0n) is 10.2. The van der Waals surface area contributed by atoms with Gasteiger partial charge in [-0.15, -0.1) is 0 Å². The Kier molecular flexibility index (Phi) is 3.32. The minimum atomic E-state index is -0.887. The quantitative estimate of drug-likeness (QED) is 0.844. The molecule has 0 spiro atoms. The van der Waals surface area contributed by atoms with Crippen LogP contribution in [0.4, 0.5) is 10.6 Å². The molecule has 0 saturated carbocycles. The number of ether oxygens (including phenoxy) is 1. The fourth-order valence-corrected chi connectivity index (χ4v) is 2.90. The summed E-state index contributed by atoms with van der Waals surface area (Å²) in [5.74, 6) is 0.869. The van der Waals surface area contributed by atoms with E-state index in [-0.39, 0.29) is 12.1 Å². The van der Waals surface area contributed by atoms with E-state index in [0.717, 1.165) is 16.8 Å². The third kappa shape index (κ3) is 2.40. The summed E-state index contributed by atoms with van der Waals surface area (Å²) < 4.78 is 6.60. The fraction of sp³-hybridized carbons (Fsp3) is 0.500. The highest BCUT2D eigenvalue weighted by Gasteiger charge is 2.42. The van der Waals surface area contributed by atoms with Gasteiger partial charge in [0.2, 0.25) is 0 Å². The van der Waals surface area contributed by atoms with Gasteiger partial charge in [-0.2, -0.15) is 0 Å². The molecule has 0 aliphatic carbocycles. The van der Waals surface area contributed by atoms with Crippen molar-refractivity contribution >= 4 is 27.8 Å². The van der Waals surface area contributed by atoms with Gasteiger partial charge in [-0.05, 0) is 28.1 Å². The number of nitrogens with zero attached hydrogens (tertiary/aromatic N) is 3. The number of likely N-dealkylation sites (tertiary alicyclic amines) is 1. The Morgan fingerprint density at radius 2 is 2.32 bits per heavy atom. The number of rotatable bonds is 1. The first-order valence-corrected chi connectivity index (χ1v) is 6.92. The maximum atomic E-state index is 11.1. The summed E-state index contributed by atoms with van der Waals surface area (Å²) in [6, 6.07) is 3.94. The molecule has 1 amide bonds. The molecule has 0 unspecified atom stereocenters. The number of pyridine rings is 1. The summed E-state index contributed by atoms with van der Waals surface area (Å²) in [5, 5.41) is 9.08. The van der Waals surface area contributed by atoms with Crippen molar-refractivity contribution in [1.82, 2.24) is 9.88 Å². The van der Waals surface area contributed by atoms with Gasteiger partial charge >= 0.3 is 6.09 Å². The van der Waals surface area contributed by atoms with Crippen molar-refractivity contribution in [3.8, 4) is 0 Å². The molecule has 0 radical (unpaired) electrons. The van der Waals surface area contributed by atoms with Crippen LogP contribution in [-0.4, -0.2) is 59.5 Å². The molecular weight excluding hydrogens is 314 g/mol. The summed E-state index contributed by atoms with van der Waals surface area (Å²) >= 11 is 3.36. The molecule has 0 aromatic carbocycles. The Labute approximate surface area is 119 Å². The first-order chi connectivity index (χ1) is 9.15. The van der Waals surface area contributed by atoms with E-state index < -0.39 is 6.09 Å². The predicted molar refractivity (Wildman–Crippen MR) is 72.4 cm³/mol. The second-order valence-corrected chi connectivity index (χ2v) is 5.61. The number of fused-ring (bicyclic) bond motifs is 1. The SMILES string of the molecule is O=C(O)N1C[C@H]2OCCN(c3ccc(Br)cn3)[C@H]2C1. The number of anilines is 1. The fourth-order valence-electron chi connectivity index (χ4n) is 2.67. The van der Waals surface area contributed by atoms with Gasteiger partial charge in [-0.3, -0.25) is 0 Å². The molecule has 7 heteroatoms. The number of halogens is 1. The van der Waals surface area contributed by atoms with Gasteiger partial charge < -0.3 is 19.6 Å². The Bertz CT molecular complexity index is 482. The van der Waals surface area contributed by atoms with Crippen LogP contribution < -0.4 is 4.90 Å². The van der Waals surface area contributed by atoms with Gasteiger partial charge in [-0.1, -0.05) is 0 Å². The lowest BCUT2D eigenvalue weighted by atomic mass is 10.1. The minimum absolute atomic E-state index is 0.0542. The third-order valence-corrected chi connectivity index (χ3v) is 4.05. The van der Waals surface area contributed by atoms with Crippen LogP contribution in [0.1, 0.15) is 0 Å². The highest BCUT2D eigenvalue weighted by molar-refractivity contribution is 9.10. The van der Waals surface area contributed by atoms with Crippen molar-refractivity contribution in [1.29, 1.82) is 0 Å². The molecule has 19 heavy (non-hydrogen) atoms. The average Bonchev–Trinajstić information content (AvgIpc) is 2.83. The van der Waals surface area contributed by atoms with E-state index in [0.29, 0.717) is 19.7 Å². The monoisotopic (exact) mass is 327 g/mol. The molecule has 0 bridgehead atoms. The molecule has 102 valence electrons. The van der Waals surface area contributed by atoms with E-state index in [1.54, 1.807) is 6.20 Å². The second-order valence-electron chi connectivity index (χ2n) is 4.69. The zero-order valence-corrected chi connectivity index (χ0v) is 11.8. The number of carboxylic acid groups (broad SMARTS) is 1. The highest BCUT2D eigenvalue weighted by Crippen LogP contribution is 2.27. The first-order valence-electron chi connectivity index (χ1n) is 6.13. The van der Waals surface area contributed by atoms with Crippen LogP contribution in [0.3, 0.4) is 0 Å². The standard InChI is InChI=1S/C12H14BrN3O3/c13-8-1-2-11(14-5-8)16-3-4-19-10-7-15(12(17)18)6-9(10)16/h1-2,5,9-10H,3-4,6-7H2,(H,17,18)/t9-,10+/m0/s1. The van der Waals surface area contributed by atoms with Crippen molar-refractivity contribution in [3.63, 3.8) is 0 Å². The Balaban J connectivity index is 1.82. The molecule has 2 aliphatic rings. The molecule has 2 aliphatic heterocycles. The molecule has 3 rings (SSSR count). The van der Waals surface area contributed by atoms with E-state index in [4.69, 9.17) is 9.84 Å². The summed E-state index contributed by atoms with van der Waals surface area (Å²) in [4.78, 5) is 19.0. The van der Waals surface area contributed by atoms with E-state index >= 15 is 0 Å². The third-order valence-electron chi connectivity index (χ3n) is 3.58. The number of hydrogen-bond donors (Lipinski definition) is 1. The smallest absolute Gasteiger partial charge is 0.407 e. The molecule has 2 atom stereocenters. The maximum Gasteiger partial charge on any atom is 0.407 e. The van der Waals surface area contributed by atoms with Crippen LogP contribution in [-0.2, 0) is 4.74 Å². The van der Waals surface area contributed by atoms with Crippen molar-refractivity contribution in [2.45, 2.75) is 12.1 Å². The molecule has 6 nitrogen and oxygen atoms in total. The molecule has 3 heterocycles. The van der Waals surface area contributed by atoms with E-state index in [9.17, 15) is 4.79 Å². The minimum Gasteiger partial charge on any atom is -0.465 e. The van der Waals surface area contributed by atoms with Crippen molar-refractivity contribution in [3.05, 3.63) is 22.8 Å². The van der Waals surface area contributed by atoms with Crippen molar-refractivity contribution in [2.24, 2.45) is 0 Å². The Hall–Kier alpha value is -1.34. The molecule has 1 aromatic heterocycles. The topological polar surface area (TPSA) is 65.9 Å². The van der Waals surface area contributed by atoms with Gasteiger partial charge in [-0.25, -0.2) is 9.78 Å². The van der Waals surface area contributed by atoms with Gasteiger partial charge in [0, 0.05) is 23.8 Å². The number of amides is 1. The van der Waals surface area contributed by atoms with E-state index in [2.05, 4.69) is 25.8 Å². The van der Waals surface area contributed by atoms with Crippen LogP contribution in [0.5, 0.6) is 0 Å². The number of aromatic nitrogens is 1. The summed E-state index contributed by atoms with van der Waals surface area (Å²) in [6.45, 7) is 2.25. The normalized spacial score (nSPS) is 26.4. The van der Waals surface area contributed by atoms with Gasteiger partial charge in [0.05, 0.1) is 25.3 Å². The zero-order chi connectivity index (χ0) is 13.4. The van der Waals surface area contributed by atoms with Gasteiger partial charge in [0.15, 0.2) is 0 Å². The number of carbonyl (C=O) groups is 1. The number of morpholine rings is 1. The van der Waals surface area contributed by atoms with Gasteiger partial charge in [0.1, 0.15) is 5.82 Å². The number of hydrogen-bond acceptors (Lipinski definition) is 4. The maximum absolute atomic E-state index is 11.1. The molecular formula is C12H14BrN3O3. The van der Waals surface area contributed by atoms with Crippen LogP contribution >= 0.6 is 15.9 Å². The largest absolute Gasteiger partial charge is 0.465 e. The summed E-state index contributed by atoms with van der Waals surface area (Å²) in [5.41, 5.74) is 0. The van der Waals surface area contributed by atoms with Crippen LogP contribution in [0, 0.1) is 0 Å². The molecule has 2 fully saturated rings. The van der Waals surface area contributed by atoms with Crippen molar-refractivity contribution < 1.29 is 14.6 Å². The van der Waals surface area contributed by atoms with Crippen LogP contribution in [0.25, 0.3) is 0 Å². The molecule has 1 N–H and O–H groups in total. The second kappa shape index (κ2) is 4.97. The Morgan fingerprint density at radius 3 is 3.00 bits per heavy atom. The van der Waals surface area contributed by atoms with Crippen LogP contribution in [0.2, 0.25) is 0 Å². The summed E-state index contributed by atoms with van der Waals surface area (Å²) in [7, 11) is 0. The van der Waals surface area contributed by atoms with E-state index in [1.807, 2.05) is 12.1 Å². The lowest BCUT2D eigenvalue weighted by molar-refractivity contribution is 0.0307. The molecule has 2 saturated heterocycles. The lowest BCUT2D eigenvalue weighted by Gasteiger charge is -2.37.